The first kappa shape index (κ1) is 21.7. The number of thiophene rings is 1. The molecule has 6 nitrogen and oxygen atoms in total. The molecule has 0 radical (unpaired) electrons. The van der Waals surface area contributed by atoms with E-state index in [4.69, 9.17) is 17.3 Å². The Labute approximate surface area is 191 Å². The van der Waals surface area contributed by atoms with Crippen molar-refractivity contribution in [2.24, 2.45) is 5.73 Å². The molecule has 1 aliphatic carbocycles. The number of benzene rings is 1. The van der Waals surface area contributed by atoms with Gasteiger partial charge < -0.3 is 11.1 Å². The highest BCUT2D eigenvalue weighted by atomic mass is 35.5. The lowest BCUT2D eigenvalue weighted by molar-refractivity contribution is 0.100. The molecular weight excluding hydrogens is 459 g/mol. The van der Waals surface area contributed by atoms with E-state index in [0.717, 1.165) is 41.7 Å². The Hall–Kier alpha value is -2.49. The van der Waals surface area contributed by atoms with Crippen LogP contribution in [0.5, 0.6) is 0 Å². The summed E-state index contributed by atoms with van der Waals surface area (Å²) in [6.45, 7) is 0. The van der Waals surface area contributed by atoms with Crippen molar-refractivity contribution < 1.29 is 14.0 Å². The third-order valence-corrected chi connectivity index (χ3v) is 7.28. The van der Waals surface area contributed by atoms with Gasteiger partial charge in [-0.05, 0) is 48.9 Å². The van der Waals surface area contributed by atoms with E-state index in [2.05, 4.69) is 15.3 Å². The van der Waals surface area contributed by atoms with Crippen LogP contribution < -0.4 is 11.1 Å². The van der Waals surface area contributed by atoms with Crippen LogP contribution in [0.1, 0.15) is 49.7 Å². The third kappa shape index (κ3) is 4.89. The summed E-state index contributed by atoms with van der Waals surface area (Å²) in [7, 11) is 0. The summed E-state index contributed by atoms with van der Waals surface area (Å²) in [4.78, 5) is 34.5. The van der Waals surface area contributed by atoms with E-state index in [1.807, 2.05) is 0 Å². The van der Waals surface area contributed by atoms with E-state index in [0.29, 0.717) is 21.5 Å². The summed E-state index contributed by atoms with van der Waals surface area (Å²) in [5.74, 6) is -0.885. The molecule has 0 fully saturated rings. The molecule has 0 aliphatic heterocycles. The summed E-state index contributed by atoms with van der Waals surface area (Å²) < 4.78 is 13.0. The Bertz CT molecular complexity index is 1150. The number of carbonyl (C=O) groups is 2. The molecule has 4 rings (SSSR count). The van der Waals surface area contributed by atoms with Crippen LogP contribution in [0.25, 0.3) is 0 Å². The average molecular weight is 477 g/mol. The highest BCUT2D eigenvalue weighted by molar-refractivity contribution is 7.98. The number of thioether (sulfide) groups is 1. The summed E-state index contributed by atoms with van der Waals surface area (Å²) in [6, 6.07) is 6.12. The fraction of sp³-hybridized carbons (Fsp3) is 0.238. The Morgan fingerprint density at radius 1 is 1.23 bits per heavy atom. The molecule has 2 amide bonds. The van der Waals surface area contributed by atoms with Gasteiger partial charge in [-0.3, -0.25) is 9.59 Å². The van der Waals surface area contributed by atoms with Gasteiger partial charge in [0.05, 0.1) is 16.8 Å². The number of nitrogens with two attached hydrogens (primary N) is 1. The monoisotopic (exact) mass is 476 g/mol. The average Bonchev–Trinajstić information content (AvgIpc) is 3.12. The van der Waals surface area contributed by atoms with Crippen LogP contribution >= 0.6 is 34.7 Å². The van der Waals surface area contributed by atoms with Crippen molar-refractivity contribution in [1.29, 1.82) is 0 Å². The molecule has 1 aromatic carbocycles. The number of hydrogen-bond donors (Lipinski definition) is 2. The van der Waals surface area contributed by atoms with Gasteiger partial charge in [-0.2, -0.15) is 0 Å². The quantitative estimate of drug-likeness (QED) is 0.391. The van der Waals surface area contributed by atoms with Crippen molar-refractivity contribution in [2.45, 2.75) is 36.6 Å². The number of hydrogen-bond acceptors (Lipinski definition) is 6. The van der Waals surface area contributed by atoms with E-state index in [1.54, 1.807) is 12.1 Å². The van der Waals surface area contributed by atoms with Crippen molar-refractivity contribution in [3.63, 3.8) is 0 Å². The maximum Gasteiger partial charge on any atom is 0.276 e. The van der Waals surface area contributed by atoms with Crippen molar-refractivity contribution in [3.05, 3.63) is 68.6 Å². The summed E-state index contributed by atoms with van der Waals surface area (Å²) >= 11 is 8.85. The maximum absolute atomic E-state index is 13.0. The Morgan fingerprint density at radius 2 is 1.97 bits per heavy atom. The molecule has 0 atom stereocenters. The van der Waals surface area contributed by atoms with Gasteiger partial charge in [0.15, 0.2) is 10.9 Å². The van der Waals surface area contributed by atoms with E-state index < -0.39 is 11.8 Å². The lowest BCUT2D eigenvalue weighted by atomic mass is 9.95. The largest absolute Gasteiger partial charge is 0.365 e. The molecule has 2 heterocycles. The first-order valence-corrected chi connectivity index (χ1v) is 11.8. The molecule has 0 spiro atoms. The van der Waals surface area contributed by atoms with E-state index in [1.165, 1.54) is 41.4 Å². The van der Waals surface area contributed by atoms with Gasteiger partial charge in [0.2, 0.25) is 0 Å². The van der Waals surface area contributed by atoms with Crippen LogP contribution in [0.4, 0.5) is 9.39 Å². The Kier molecular flexibility index (Phi) is 6.54. The Balaban J connectivity index is 1.53. The number of anilines is 1. The molecule has 31 heavy (non-hydrogen) atoms. The minimum absolute atomic E-state index is 0.0139. The third-order valence-electron chi connectivity index (χ3n) is 4.86. The number of amides is 2. The van der Waals surface area contributed by atoms with Gasteiger partial charge in [-0.1, -0.05) is 35.5 Å². The normalized spacial score (nSPS) is 13.0. The molecule has 160 valence electrons. The van der Waals surface area contributed by atoms with Crippen molar-refractivity contribution in [3.8, 4) is 0 Å². The van der Waals surface area contributed by atoms with E-state index in [-0.39, 0.29) is 16.5 Å². The number of halogens is 2. The molecule has 0 saturated heterocycles. The standard InChI is InChI=1S/C21H18ClFN4O2S2/c22-14-9-25-21(30-10-11-5-7-12(23)8-6-11)26-17(14)19(29)27-20-16(18(24)28)13-3-1-2-4-15(13)31-20/h5-9H,1-4,10H2,(H2,24,28)(H,27,29). The zero-order valence-electron chi connectivity index (χ0n) is 16.3. The predicted molar refractivity (Wildman–Crippen MR) is 120 cm³/mol. The van der Waals surface area contributed by atoms with Crippen molar-refractivity contribution in [1.82, 2.24) is 9.97 Å². The number of nitrogens with zero attached hydrogens (tertiary/aromatic N) is 2. The molecule has 3 N–H and O–H groups in total. The second-order valence-electron chi connectivity index (χ2n) is 7.00. The van der Waals surface area contributed by atoms with Crippen LogP contribution in [-0.2, 0) is 18.6 Å². The first-order valence-electron chi connectivity index (χ1n) is 9.58. The SMILES string of the molecule is NC(=O)c1c(NC(=O)c2nc(SCc3ccc(F)cc3)ncc2Cl)sc2c1CCCC2. The molecule has 10 heteroatoms. The number of aryl methyl sites for hydroxylation is 1. The van der Waals surface area contributed by atoms with Gasteiger partial charge in [0, 0.05) is 10.6 Å². The number of aromatic nitrogens is 2. The van der Waals surface area contributed by atoms with Gasteiger partial charge in [-0.25, -0.2) is 14.4 Å². The number of rotatable bonds is 6. The summed E-state index contributed by atoms with van der Waals surface area (Å²) in [6.07, 6.45) is 5.05. The number of fused-ring (bicyclic) bond motifs is 1. The molecule has 1 aliphatic rings. The molecule has 0 saturated carbocycles. The van der Waals surface area contributed by atoms with Crippen LogP contribution in [0.2, 0.25) is 5.02 Å². The fourth-order valence-corrected chi connectivity index (χ4v) is 5.62. The number of primary amides is 1. The highest BCUT2D eigenvalue weighted by Crippen LogP contribution is 2.38. The van der Waals surface area contributed by atoms with E-state index in [9.17, 15) is 14.0 Å². The number of carbonyl (C=O) groups excluding carboxylic acids is 2. The lowest BCUT2D eigenvalue weighted by Crippen LogP contribution is -2.19. The van der Waals surface area contributed by atoms with Gasteiger partial charge in [-0.15, -0.1) is 11.3 Å². The number of nitrogens with one attached hydrogen (secondary N) is 1. The molecule has 0 unspecified atom stereocenters. The Morgan fingerprint density at radius 3 is 2.71 bits per heavy atom. The second-order valence-corrected chi connectivity index (χ2v) is 9.45. The first-order chi connectivity index (χ1) is 14.9. The van der Waals surface area contributed by atoms with Crippen LogP contribution in [0.3, 0.4) is 0 Å². The van der Waals surface area contributed by atoms with Gasteiger partial charge >= 0.3 is 0 Å². The molecule has 3 aromatic rings. The maximum atomic E-state index is 13.0. The van der Waals surface area contributed by atoms with Gasteiger partial charge in [0.25, 0.3) is 11.8 Å². The van der Waals surface area contributed by atoms with Gasteiger partial charge in [0.1, 0.15) is 10.8 Å². The smallest absolute Gasteiger partial charge is 0.276 e. The highest BCUT2D eigenvalue weighted by Gasteiger charge is 2.26. The minimum Gasteiger partial charge on any atom is -0.365 e. The fourth-order valence-electron chi connectivity index (χ4n) is 3.39. The zero-order chi connectivity index (χ0) is 22.0. The predicted octanol–water partition coefficient (Wildman–Crippen LogP) is 4.85. The topological polar surface area (TPSA) is 98.0 Å². The van der Waals surface area contributed by atoms with Crippen LogP contribution in [-0.4, -0.2) is 21.8 Å². The van der Waals surface area contributed by atoms with E-state index >= 15 is 0 Å². The molecule has 2 aromatic heterocycles. The summed E-state index contributed by atoms with van der Waals surface area (Å²) in [5, 5.41) is 3.66. The zero-order valence-corrected chi connectivity index (χ0v) is 18.7. The lowest BCUT2D eigenvalue weighted by Gasteiger charge is -2.11. The second kappa shape index (κ2) is 9.33. The van der Waals surface area contributed by atoms with Crippen molar-refractivity contribution >= 4 is 51.5 Å². The molecular formula is C21H18ClFN4O2S2. The molecule has 0 bridgehead atoms. The van der Waals surface area contributed by atoms with Crippen molar-refractivity contribution in [2.75, 3.05) is 5.32 Å². The summed E-state index contributed by atoms with van der Waals surface area (Å²) in [5.41, 5.74) is 7.81. The van der Waals surface area contributed by atoms with Crippen LogP contribution in [0.15, 0.2) is 35.6 Å². The minimum atomic E-state index is -0.556. The van der Waals surface area contributed by atoms with Crippen LogP contribution in [0, 0.1) is 5.82 Å².